The highest BCUT2D eigenvalue weighted by Crippen LogP contribution is 2.21. The van der Waals surface area contributed by atoms with Gasteiger partial charge in [0.1, 0.15) is 31.0 Å². The van der Waals surface area contributed by atoms with Gasteiger partial charge in [0.2, 0.25) is 0 Å². The van der Waals surface area contributed by atoms with Crippen LogP contribution in [0.15, 0.2) is 30.3 Å². The van der Waals surface area contributed by atoms with Crippen LogP contribution in [0.25, 0.3) is 0 Å². The summed E-state index contributed by atoms with van der Waals surface area (Å²) in [6, 6.07) is 10.6. The van der Waals surface area contributed by atoms with Crippen LogP contribution < -0.4 is 10.2 Å². The van der Waals surface area contributed by atoms with Gasteiger partial charge in [-0.15, -0.1) is 0 Å². The number of aliphatic hydroxyl groups is 1. The van der Waals surface area contributed by atoms with Crippen LogP contribution in [0.3, 0.4) is 0 Å². The summed E-state index contributed by atoms with van der Waals surface area (Å²) in [6.45, 7) is 5.41. The topological polar surface area (TPSA) is 41.5 Å². The quantitative estimate of drug-likeness (QED) is 0.794. The van der Waals surface area contributed by atoms with Gasteiger partial charge in [0.25, 0.3) is 0 Å². The van der Waals surface area contributed by atoms with Crippen molar-refractivity contribution in [1.29, 1.82) is 0 Å². The highest BCUT2D eigenvalue weighted by Gasteiger charge is 2.40. The van der Waals surface area contributed by atoms with Gasteiger partial charge in [-0.25, -0.2) is 4.59 Å². The van der Waals surface area contributed by atoms with Crippen molar-refractivity contribution in [1.82, 2.24) is 5.43 Å². The summed E-state index contributed by atoms with van der Waals surface area (Å²) in [5.74, 6) is 0.806. The van der Waals surface area contributed by atoms with Gasteiger partial charge in [-0.1, -0.05) is 18.2 Å². The number of likely N-dealkylation sites (N-methyl/N-ethyl adjacent to an activating group) is 1. The van der Waals surface area contributed by atoms with Crippen LogP contribution in [0, 0.1) is 0 Å². The number of hydrogen-bond donors (Lipinski definition) is 2. The van der Waals surface area contributed by atoms with Crippen LogP contribution in [0.2, 0.25) is 0 Å². The first-order valence-corrected chi connectivity index (χ1v) is 6.98. The molecule has 0 bridgehead atoms. The molecule has 4 unspecified atom stereocenters. The molecule has 1 aromatic carbocycles. The summed E-state index contributed by atoms with van der Waals surface area (Å²) in [5.41, 5.74) is 3.53. The van der Waals surface area contributed by atoms with Gasteiger partial charge in [-0.3, -0.25) is 0 Å². The second kappa shape index (κ2) is 5.90. The zero-order chi connectivity index (χ0) is 13.9. The normalized spacial score (nSPS) is 32.2. The van der Waals surface area contributed by atoms with Crippen molar-refractivity contribution in [3.05, 3.63) is 30.3 Å². The molecule has 4 atom stereocenters. The number of benzene rings is 1. The minimum atomic E-state index is -0.467. The highest BCUT2D eigenvalue weighted by atomic mass is 16.5. The molecule has 4 nitrogen and oxygen atoms in total. The summed E-state index contributed by atoms with van der Waals surface area (Å²) in [6.07, 6.45) is 0.674. The number of aliphatic hydroxyl groups excluding tert-OH is 1. The maximum Gasteiger partial charge on any atom is 0.138 e. The molecule has 0 saturated carbocycles. The van der Waals surface area contributed by atoms with E-state index >= 15 is 0 Å². The zero-order valence-electron chi connectivity index (χ0n) is 12.0. The van der Waals surface area contributed by atoms with Crippen LogP contribution in [0.1, 0.15) is 20.3 Å². The fourth-order valence-electron chi connectivity index (χ4n) is 2.86. The van der Waals surface area contributed by atoms with Crippen LogP contribution in [-0.4, -0.2) is 48.1 Å². The van der Waals surface area contributed by atoms with Crippen LogP contribution >= 0.6 is 0 Å². The molecule has 0 spiro atoms. The molecule has 0 aromatic heterocycles. The third-order valence-corrected chi connectivity index (χ3v) is 3.96. The van der Waals surface area contributed by atoms with Crippen molar-refractivity contribution in [2.45, 2.75) is 38.5 Å². The second-order valence-electron chi connectivity index (χ2n) is 5.84. The standard InChI is InChI=1S/C15H25N2O2/c1-12-9-13(2)17(3,16-12)10-14(18)11-19-15-7-5-4-6-8-15/h4-8,12-14,16,18H,9-11H2,1-3H3/q+1. The lowest BCUT2D eigenvalue weighted by atomic mass is 10.1. The Morgan fingerprint density at radius 1 is 1.37 bits per heavy atom. The van der Waals surface area contributed by atoms with Gasteiger partial charge in [0, 0.05) is 6.42 Å². The van der Waals surface area contributed by atoms with Crippen molar-refractivity contribution in [2.24, 2.45) is 0 Å². The Morgan fingerprint density at radius 3 is 2.63 bits per heavy atom. The van der Waals surface area contributed by atoms with Gasteiger partial charge < -0.3 is 9.84 Å². The van der Waals surface area contributed by atoms with Gasteiger partial charge in [-0.05, 0) is 26.0 Å². The number of quaternary nitrogens is 1. The first-order valence-electron chi connectivity index (χ1n) is 6.98. The third-order valence-electron chi connectivity index (χ3n) is 3.96. The van der Waals surface area contributed by atoms with Crippen molar-refractivity contribution in [2.75, 3.05) is 20.2 Å². The van der Waals surface area contributed by atoms with Gasteiger partial charge in [-0.2, -0.15) is 5.43 Å². The average Bonchev–Trinajstić information content (AvgIpc) is 2.61. The number of nitrogens with one attached hydrogen (secondary N) is 1. The molecular weight excluding hydrogens is 240 g/mol. The van der Waals surface area contributed by atoms with E-state index in [1.54, 1.807) is 0 Å². The Labute approximate surface area is 115 Å². The highest BCUT2D eigenvalue weighted by molar-refractivity contribution is 5.20. The lowest BCUT2D eigenvalue weighted by Gasteiger charge is -2.35. The molecule has 2 rings (SSSR count). The van der Waals surface area contributed by atoms with Crippen molar-refractivity contribution >= 4 is 0 Å². The fraction of sp³-hybridized carbons (Fsp3) is 0.600. The van der Waals surface area contributed by atoms with E-state index in [4.69, 9.17) is 4.74 Å². The maximum absolute atomic E-state index is 10.2. The van der Waals surface area contributed by atoms with Gasteiger partial charge in [0.15, 0.2) is 0 Å². The predicted octanol–water partition coefficient (Wildman–Crippen LogP) is 1.56. The molecule has 1 aliphatic rings. The molecule has 0 radical (unpaired) electrons. The van der Waals surface area contributed by atoms with Crippen LogP contribution in [0.5, 0.6) is 5.75 Å². The minimum Gasteiger partial charge on any atom is -0.491 e. The lowest BCUT2D eigenvalue weighted by molar-refractivity contribution is -0.963. The number of rotatable bonds is 5. The molecular formula is C15H25N2O2+. The van der Waals surface area contributed by atoms with Crippen LogP contribution in [0.4, 0.5) is 0 Å². The Bertz CT molecular complexity index is 398. The molecule has 19 heavy (non-hydrogen) atoms. The molecule has 2 N–H and O–H groups in total. The largest absolute Gasteiger partial charge is 0.491 e. The molecule has 1 heterocycles. The predicted molar refractivity (Wildman–Crippen MR) is 75.7 cm³/mol. The van der Waals surface area contributed by atoms with Crippen molar-refractivity contribution in [3.8, 4) is 5.75 Å². The molecule has 1 saturated heterocycles. The third kappa shape index (κ3) is 3.69. The first-order chi connectivity index (χ1) is 8.99. The monoisotopic (exact) mass is 265 g/mol. The van der Waals surface area contributed by atoms with Crippen molar-refractivity contribution < 1.29 is 14.4 Å². The van der Waals surface area contributed by atoms with Gasteiger partial charge >= 0.3 is 0 Å². The smallest absolute Gasteiger partial charge is 0.138 e. The Morgan fingerprint density at radius 2 is 2.05 bits per heavy atom. The van der Waals surface area contributed by atoms with E-state index in [0.29, 0.717) is 29.8 Å². The number of nitrogens with zero attached hydrogens (tertiary/aromatic N) is 1. The van der Waals surface area contributed by atoms with Crippen LogP contribution in [-0.2, 0) is 0 Å². The zero-order valence-corrected chi connectivity index (χ0v) is 12.0. The van der Waals surface area contributed by atoms with Gasteiger partial charge in [0.05, 0.1) is 13.1 Å². The number of para-hydroxylation sites is 1. The van der Waals surface area contributed by atoms with E-state index < -0.39 is 6.10 Å². The summed E-state index contributed by atoms with van der Waals surface area (Å²) < 4.78 is 6.31. The molecule has 0 aliphatic carbocycles. The number of ether oxygens (including phenoxy) is 1. The Balaban J connectivity index is 1.83. The SMILES string of the molecule is CC1CC(C)[N+](C)(CC(O)COc2ccccc2)N1. The molecule has 0 amide bonds. The van der Waals surface area contributed by atoms with E-state index in [9.17, 15) is 5.11 Å². The maximum atomic E-state index is 10.2. The summed E-state index contributed by atoms with van der Waals surface area (Å²) in [7, 11) is 2.14. The van der Waals surface area contributed by atoms with E-state index in [1.807, 2.05) is 30.3 Å². The molecule has 106 valence electrons. The van der Waals surface area contributed by atoms with E-state index in [1.165, 1.54) is 0 Å². The molecule has 1 aromatic rings. The average molecular weight is 265 g/mol. The van der Waals surface area contributed by atoms with E-state index in [-0.39, 0.29) is 0 Å². The second-order valence-corrected chi connectivity index (χ2v) is 5.84. The molecule has 4 heteroatoms. The summed E-state index contributed by atoms with van der Waals surface area (Å²) in [5, 5.41) is 10.2. The Kier molecular flexibility index (Phi) is 4.45. The minimum absolute atomic E-state index is 0.334. The van der Waals surface area contributed by atoms with E-state index in [0.717, 1.165) is 12.2 Å². The summed E-state index contributed by atoms with van der Waals surface area (Å²) in [4.78, 5) is 0. The Hall–Kier alpha value is -1.10. The fourth-order valence-corrected chi connectivity index (χ4v) is 2.86. The number of hydrogen-bond acceptors (Lipinski definition) is 3. The summed E-state index contributed by atoms with van der Waals surface area (Å²) >= 11 is 0. The van der Waals surface area contributed by atoms with Crippen molar-refractivity contribution in [3.63, 3.8) is 0 Å². The lowest BCUT2D eigenvalue weighted by Crippen LogP contribution is -2.59. The first kappa shape index (κ1) is 14.3. The molecule has 1 fully saturated rings. The molecule has 1 aliphatic heterocycles. The van der Waals surface area contributed by atoms with E-state index in [2.05, 4.69) is 26.3 Å².